The van der Waals surface area contributed by atoms with E-state index in [0.29, 0.717) is 11.3 Å². The Bertz CT molecular complexity index is 406. The monoisotopic (exact) mass is 281 g/mol. The molecule has 4 nitrogen and oxygen atoms in total. The second-order valence-electron chi connectivity index (χ2n) is 6.67. The van der Waals surface area contributed by atoms with Crippen LogP contribution in [0.2, 0.25) is 0 Å². The molecule has 0 aliphatic heterocycles. The minimum absolute atomic E-state index is 0.272. The summed E-state index contributed by atoms with van der Waals surface area (Å²) in [5.74, 6) is 1.49. The highest BCUT2D eigenvalue weighted by molar-refractivity contribution is 5.28. The molecular weight excluding hydrogens is 250 g/mol. The zero-order valence-electron chi connectivity index (χ0n) is 14.2. The molecule has 0 aliphatic carbocycles. The number of aromatic nitrogens is 2. The van der Waals surface area contributed by atoms with Crippen molar-refractivity contribution in [3.05, 3.63) is 11.9 Å². The lowest BCUT2D eigenvalue weighted by atomic mass is 9.78. The summed E-state index contributed by atoms with van der Waals surface area (Å²) in [4.78, 5) is 0. The molecule has 0 fully saturated rings. The molecule has 1 N–H and O–H groups in total. The van der Waals surface area contributed by atoms with Crippen LogP contribution in [-0.2, 0) is 6.54 Å². The van der Waals surface area contributed by atoms with Crippen molar-refractivity contribution in [1.29, 1.82) is 0 Å². The first-order valence-corrected chi connectivity index (χ1v) is 7.62. The van der Waals surface area contributed by atoms with E-state index in [9.17, 15) is 0 Å². The fourth-order valence-corrected chi connectivity index (χ4v) is 2.35. The van der Waals surface area contributed by atoms with Gasteiger partial charge in [0.15, 0.2) is 5.75 Å². The normalized spacial score (nSPS) is 15.2. The van der Waals surface area contributed by atoms with Gasteiger partial charge in [-0.15, -0.1) is 0 Å². The van der Waals surface area contributed by atoms with E-state index < -0.39 is 0 Å². The Balaban J connectivity index is 3.01. The minimum Gasteiger partial charge on any atom is -0.493 e. The van der Waals surface area contributed by atoms with Crippen LogP contribution < -0.4 is 10.1 Å². The number of hydrogen-bond acceptors (Lipinski definition) is 3. The van der Waals surface area contributed by atoms with Crippen LogP contribution in [-0.4, -0.2) is 23.9 Å². The van der Waals surface area contributed by atoms with Crippen LogP contribution in [0.5, 0.6) is 5.75 Å². The van der Waals surface area contributed by atoms with Crippen molar-refractivity contribution >= 4 is 0 Å². The maximum absolute atomic E-state index is 5.50. The Morgan fingerprint density at radius 2 is 2.05 bits per heavy atom. The van der Waals surface area contributed by atoms with Crippen LogP contribution in [0.3, 0.4) is 0 Å². The predicted octanol–water partition coefficient (Wildman–Crippen LogP) is 3.63. The lowest BCUT2D eigenvalue weighted by Gasteiger charge is -2.31. The van der Waals surface area contributed by atoms with Gasteiger partial charge < -0.3 is 10.1 Å². The van der Waals surface area contributed by atoms with Crippen LogP contribution in [0.4, 0.5) is 0 Å². The average molecular weight is 281 g/mol. The van der Waals surface area contributed by atoms with E-state index in [1.54, 1.807) is 7.11 Å². The fourth-order valence-electron chi connectivity index (χ4n) is 2.35. The SMILES string of the molecule is CCCn1ncc(OC)c1C(CC(C)C(C)(C)C)NC. The Hall–Kier alpha value is -1.03. The number of ether oxygens (including phenoxy) is 1. The molecule has 0 radical (unpaired) electrons. The summed E-state index contributed by atoms with van der Waals surface area (Å²) >= 11 is 0. The first-order chi connectivity index (χ1) is 9.35. The molecule has 2 unspecified atom stereocenters. The molecule has 0 aromatic carbocycles. The molecule has 0 aliphatic rings. The maximum atomic E-state index is 5.50. The summed E-state index contributed by atoms with van der Waals surface area (Å²) in [6.07, 6.45) is 3.98. The van der Waals surface area contributed by atoms with Crippen molar-refractivity contribution in [3.63, 3.8) is 0 Å². The van der Waals surface area contributed by atoms with Crippen LogP contribution in [0.1, 0.15) is 59.2 Å². The van der Waals surface area contributed by atoms with Gasteiger partial charge in [0.05, 0.1) is 25.0 Å². The summed E-state index contributed by atoms with van der Waals surface area (Å²) in [6, 6.07) is 0.272. The van der Waals surface area contributed by atoms with Gasteiger partial charge in [0, 0.05) is 6.54 Å². The van der Waals surface area contributed by atoms with Crippen LogP contribution >= 0.6 is 0 Å². The second kappa shape index (κ2) is 7.11. The number of rotatable bonds is 7. The highest BCUT2D eigenvalue weighted by atomic mass is 16.5. The van der Waals surface area contributed by atoms with Crippen molar-refractivity contribution in [2.24, 2.45) is 11.3 Å². The van der Waals surface area contributed by atoms with E-state index >= 15 is 0 Å². The Morgan fingerprint density at radius 1 is 1.40 bits per heavy atom. The smallest absolute Gasteiger partial charge is 0.161 e. The van der Waals surface area contributed by atoms with Gasteiger partial charge in [-0.2, -0.15) is 5.10 Å². The zero-order chi connectivity index (χ0) is 15.3. The summed E-state index contributed by atoms with van der Waals surface area (Å²) in [5, 5.41) is 7.91. The van der Waals surface area contributed by atoms with Gasteiger partial charge >= 0.3 is 0 Å². The van der Waals surface area contributed by atoms with E-state index in [2.05, 4.69) is 49.7 Å². The third-order valence-electron chi connectivity index (χ3n) is 4.25. The lowest BCUT2D eigenvalue weighted by molar-refractivity contribution is 0.221. The molecular formula is C16H31N3O. The molecule has 1 aromatic rings. The fraction of sp³-hybridized carbons (Fsp3) is 0.812. The van der Waals surface area contributed by atoms with Gasteiger partial charge in [-0.05, 0) is 31.2 Å². The van der Waals surface area contributed by atoms with Crippen molar-refractivity contribution in [3.8, 4) is 5.75 Å². The van der Waals surface area contributed by atoms with Gasteiger partial charge in [0.25, 0.3) is 0 Å². The summed E-state index contributed by atoms with van der Waals surface area (Å²) in [7, 11) is 3.74. The summed E-state index contributed by atoms with van der Waals surface area (Å²) in [5.41, 5.74) is 1.48. The molecule has 1 heterocycles. The molecule has 4 heteroatoms. The molecule has 0 spiro atoms. The molecule has 1 rings (SSSR count). The van der Waals surface area contributed by atoms with E-state index in [1.807, 2.05) is 13.2 Å². The number of methoxy groups -OCH3 is 1. The molecule has 0 amide bonds. The predicted molar refractivity (Wildman–Crippen MR) is 84.1 cm³/mol. The molecule has 2 atom stereocenters. The molecule has 0 saturated heterocycles. The molecule has 1 aromatic heterocycles. The van der Waals surface area contributed by atoms with Crippen LogP contribution in [0, 0.1) is 11.3 Å². The Kier molecular flexibility index (Phi) is 6.06. The van der Waals surface area contributed by atoms with Gasteiger partial charge in [0.1, 0.15) is 0 Å². The second-order valence-corrected chi connectivity index (χ2v) is 6.67. The third kappa shape index (κ3) is 3.98. The van der Waals surface area contributed by atoms with Crippen molar-refractivity contribution in [1.82, 2.24) is 15.1 Å². The average Bonchev–Trinajstić information content (AvgIpc) is 2.78. The number of nitrogens with one attached hydrogen (secondary N) is 1. The van der Waals surface area contributed by atoms with Gasteiger partial charge in [0.2, 0.25) is 0 Å². The molecule has 0 bridgehead atoms. The Labute approximate surface area is 123 Å². The Morgan fingerprint density at radius 3 is 2.50 bits per heavy atom. The standard InChI is InChI=1S/C16H31N3O/c1-8-9-19-15(14(20-7)11-18-19)13(17-6)10-12(2)16(3,4)5/h11-13,17H,8-10H2,1-7H3. The first kappa shape index (κ1) is 17.0. The van der Waals surface area contributed by atoms with Gasteiger partial charge in [-0.25, -0.2) is 0 Å². The first-order valence-electron chi connectivity index (χ1n) is 7.62. The van der Waals surface area contributed by atoms with Crippen LogP contribution in [0.25, 0.3) is 0 Å². The maximum Gasteiger partial charge on any atom is 0.161 e. The van der Waals surface area contributed by atoms with Crippen LogP contribution in [0.15, 0.2) is 6.20 Å². The molecule has 0 saturated carbocycles. The van der Waals surface area contributed by atoms with Crippen molar-refractivity contribution in [2.75, 3.05) is 14.2 Å². The molecule has 20 heavy (non-hydrogen) atoms. The number of hydrogen-bond donors (Lipinski definition) is 1. The zero-order valence-corrected chi connectivity index (χ0v) is 14.2. The van der Waals surface area contributed by atoms with Gasteiger partial charge in [-0.1, -0.05) is 34.6 Å². The number of nitrogens with zero attached hydrogens (tertiary/aromatic N) is 2. The highest BCUT2D eigenvalue weighted by Gasteiger charge is 2.27. The van der Waals surface area contributed by atoms with Crippen molar-refractivity contribution in [2.45, 2.75) is 60.0 Å². The largest absolute Gasteiger partial charge is 0.493 e. The summed E-state index contributed by atoms with van der Waals surface area (Å²) < 4.78 is 7.58. The van der Waals surface area contributed by atoms with E-state index in [-0.39, 0.29) is 6.04 Å². The quantitative estimate of drug-likeness (QED) is 0.829. The van der Waals surface area contributed by atoms with E-state index in [0.717, 1.165) is 25.1 Å². The van der Waals surface area contributed by atoms with Crippen molar-refractivity contribution < 1.29 is 4.74 Å². The van der Waals surface area contributed by atoms with E-state index in [1.165, 1.54) is 5.69 Å². The van der Waals surface area contributed by atoms with E-state index in [4.69, 9.17) is 4.74 Å². The number of aryl methyl sites for hydroxylation is 1. The summed E-state index contributed by atoms with van der Waals surface area (Å²) in [6.45, 7) is 12.3. The highest BCUT2D eigenvalue weighted by Crippen LogP contribution is 2.35. The minimum atomic E-state index is 0.272. The van der Waals surface area contributed by atoms with Gasteiger partial charge in [-0.3, -0.25) is 4.68 Å². The third-order valence-corrected chi connectivity index (χ3v) is 4.25. The molecule has 116 valence electrons. The lowest BCUT2D eigenvalue weighted by Crippen LogP contribution is -2.27. The topological polar surface area (TPSA) is 39.1 Å².